The maximum Gasteiger partial charge on any atom is 0.0246 e. The zero-order valence-electron chi connectivity index (χ0n) is 13.8. The van der Waals surface area contributed by atoms with Crippen molar-refractivity contribution in [3.63, 3.8) is 0 Å². The van der Waals surface area contributed by atoms with Crippen molar-refractivity contribution in [1.29, 1.82) is 0 Å². The van der Waals surface area contributed by atoms with Crippen molar-refractivity contribution in [3.8, 4) is 0 Å². The molecule has 0 aromatic carbocycles. The van der Waals surface area contributed by atoms with Gasteiger partial charge in [-0.05, 0) is 45.7 Å². The highest BCUT2D eigenvalue weighted by Crippen LogP contribution is 2.18. The molecule has 0 aromatic heterocycles. The van der Waals surface area contributed by atoms with Crippen LogP contribution in [0.3, 0.4) is 0 Å². The topological polar surface area (TPSA) is 15.3 Å². The summed E-state index contributed by atoms with van der Waals surface area (Å²) in [5.74, 6) is 0.720. The molecule has 0 saturated heterocycles. The summed E-state index contributed by atoms with van der Waals surface area (Å²) in [5, 5.41) is 3.75. The molecule has 0 heterocycles. The zero-order valence-corrected chi connectivity index (χ0v) is 13.8. The van der Waals surface area contributed by atoms with Crippen molar-refractivity contribution in [3.05, 3.63) is 0 Å². The van der Waals surface area contributed by atoms with E-state index in [0.717, 1.165) is 12.5 Å². The Morgan fingerprint density at radius 2 is 1.61 bits per heavy atom. The van der Waals surface area contributed by atoms with E-state index in [1.54, 1.807) is 0 Å². The maximum atomic E-state index is 3.75. The quantitative estimate of drug-likeness (QED) is 0.637. The fourth-order valence-electron chi connectivity index (χ4n) is 2.70. The molecule has 3 atom stereocenters. The summed E-state index contributed by atoms with van der Waals surface area (Å²) in [6.07, 6.45) is 5.00. The Bertz CT molecular complexity index is 192. The van der Waals surface area contributed by atoms with Crippen molar-refractivity contribution in [2.24, 2.45) is 5.92 Å². The van der Waals surface area contributed by atoms with Crippen LogP contribution in [0.1, 0.15) is 67.2 Å². The molecule has 2 nitrogen and oxygen atoms in total. The van der Waals surface area contributed by atoms with Gasteiger partial charge in [-0.1, -0.05) is 41.0 Å². The largest absolute Gasteiger partial charge is 0.312 e. The Hall–Kier alpha value is -0.0800. The molecular formula is C16H36N2. The van der Waals surface area contributed by atoms with Gasteiger partial charge < -0.3 is 5.32 Å². The van der Waals surface area contributed by atoms with E-state index >= 15 is 0 Å². The first-order chi connectivity index (χ1) is 8.49. The van der Waals surface area contributed by atoms with E-state index < -0.39 is 0 Å². The number of nitrogens with zero attached hydrogens (tertiary/aromatic N) is 1. The third kappa shape index (κ3) is 5.71. The van der Waals surface area contributed by atoms with Crippen LogP contribution in [0.4, 0.5) is 0 Å². The maximum absolute atomic E-state index is 3.75. The molecule has 0 rings (SSSR count). The van der Waals surface area contributed by atoms with Gasteiger partial charge in [0.2, 0.25) is 0 Å². The summed E-state index contributed by atoms with van der Waals surface area (Å²) in [4.78, 5) is 2.59. The zero-order chi connectivity index (χ0) is 14.1. The Morgan fingerprint density at radius 3 is 2.00 bits per heavy atom. The van der Waals surface area contributed by atoms with Crippen LogP contribution in [0.5, 0.6) is 0 Å². The molecule has 1 N–H and O–H groups in total. The second kappa shape index (κ2) is 9.80. The summed E-state index contributed by atoms with van der Waals surface area (Å²) in [6.45, 7) is 15.0. The van der Waals surface area contributed by atoms with Gasteiger partial charge in [0.05, 0.1) is 0 Å². The molecule has 18 heavy (non-hydrogen) atoms. The molecule has 110 valence electrons. The van der Waals surface area contributed by atoms with Gasteiger partial charge in [0.1, 0.15) is 0 Å². The van der Waals surface area contributed by atoms with Gasteiger partial charge in [-0.2, -0.15) is 0 Å². The first-order valence-corrected chi connectivity index (χ1v) is 7.94. The molecule has 0 aliphatic carbocycles. The minimum Gasteiger partial charge on any atom is -0.312 e. The van der Waals surface area contributed by atoms with Gasteiger partial charge in [0, 0.05) is 18.1 Å². The van der Waals surface area contributed by atoms with Crippen molar-refractivity contribution in [1.82, 2.24) is 10.2 Å². The van der Waals surface area contributed by atoms with Crippen LogP contribution in [0, 0.1) is 5.92 Å². The SMILES string of the molecule is CCCNC(CCC)C(CC)N(C)C(C)C(C)C. The normalized spacial score (nSPS) is 17.2. The van der Waals surface area contributed by atoms with Crippen LogP contribution in [-0.2, 0) is 0 Å². The minimum atomic E-state index is 0.645. The summed E-state index contributed by atoms with van der Waals surface area (Å²) >= 11 is 0. The Labute approximate surface area is 116 Å². The highest BCUT2D eigenvalue weighted by molar-refractivity contribution is 4.85. The number of nitrogens with one attached hydrogen (secondary N) is 1. The van der Waals surface area contributed by atoms with Crippen LogP contribution in [0.25, 0.3) is 0 Å². The van der Waals surface area contributed by atoms with E-state index in [4.69, 9.17) is 0 Å². The van der Waals surface area contributed by atoms with Crippen LogP contribution in [-0.4, -0.2) is 36.6 Å². The lowest BCUT2D eigenvalue weighted by atomic mass is 9.95. The standard InChI is InChI=1S/C16H36N2/c1-8-11-15(17-12-9-2)16(10-3)18(7)14(6)13(4)5/h13-17H,8-12H2,1-7H3. The Morgan fingerprint density at radius 1 is 1.00 bits per heavy atom. The molecular weight excluding hydrogens is 220 g/mol. The molecule has 0 saturated carbocycles. The lowest BCUT2D eigenvalue weighted by molar-refractivity contribution is 0.111. The average Bonchev–Trinajstić information content (AvgIpc) is 2.35. The van der Waals surface area contributed by atoms with Gasteiger partial charge >= 0.3 is 0 Å². The Kier molecular flexibility index (Phi) is 9.76. The number of hydrogen-bond acceptors (Lipinski definition) is 2. The number of rotatable bonds is 10. The predicted molar refractivity (Wildman–Crippen MR) is 83.1 cm³/mol. The minimum absolute atomic E-state index is 0.645. The van der Waals surface area contributed by atoms with Gasteiger partial charge in [0.15, 0.2) is 0 Å². The summed E-state index contributed by atoms with van der Waals surface area (Å²) in [5.41, 5.74) is 0. The van der Waals surface area contributed by atoms with Crippen molar-refractivity contribution in [2.45, 2.75) is 85.4 Å². The smallest absolute Gasteiger partial charge is 0.0246 e. The molecule has 0 spiro atoms. The van der Waals surface area contributed by atoms with Gasteiger partial charge in [-0.15, -0.1) is 0 Å². The van der Waals surface area contributed by atoms with Crippen molar-refractivity contribution in [2.75, 3.05) is 13.6 Å². The summed E-state index contributed by atoms with van der Waals surface area (Å²) < 4.78 is 0. The van der Waals surface area contributed by atoms with E-state index in [2.05, 4.69) is 58.8 Å². The fourth-order valence-corrected chi connectivity index (χ4v) is 2.70. The molecule has 0 aliphatic rings. The molecule has 0 aromatic rings. The molecule has 0 bridgehead atoms. The summed E-state index contributed by atoms with van der Waals surface area (Å²) in [7, 11) is 2.30. The number of hydrogen-bond donors (Lipinski definition) is 1. The first kappa shape index (κ1) is 17.9. The number of likely N-dealkylation sites (N-methyl/N-ethyl adjacent to an activating group) is 1. The van der Waals surface area contributed by atoms with E-state index in [0.29, 0.717) is 18.1 Å². The predicted octanol–water partition coefficient (Wildman–Crippen LogP) is 3.91. The average molecular weight is 256 g/mol. The highest BCUT2D eigenvalue weighted by atomic mass is 15.2. The van der Waals surface area contributed by atoms with Crippen LogP contribution in [0.2, 0.25) is 0 Å². The monoisotopic (exact) mass is 256 g/mol. The van der Waals surface area contributed by atoms with Gasteiger partial charge in [0.25, 0.3) is 0 Å². The third-order valence-corrected chi connectivity index (χ3v) is 4.27. The van der Waals surface area contributed by atoms with E-state index in [-0.39, 0.29) is 0 Å². The van der Waals surface area contributed by atoms with Crippen molar-refractivity contribution >= 4 is 0 Å². The molecule has 2 heteroatoms. The van der Waals surface area contributed by atoms with Crippen LogP contribution < -0.4 is 5.32 Å². The lowest BCUT2D eigenvalue weighted by Gasteiger charge is -2.40. The highest BCUT2D eigenvalue weighted by Gasteiger charge is 2.26. The summed E-state index contributed by atoms with van der Waals surface area (Å²) in [6, 6.07) is 1.96. The second-order valence-corrected chi connectivity index (χ2v) is 5.97. The molecule has 0 amide bonds. The lowest BCUT2D eigenvalue weighted by Crippen LogP contribution is -2.52. The molecule has 0 radical (unpaired) electrons. The van der Waals surface area contributed by atoms with Gasteiger partial charge in [-0.3, -0.25) is 4.90 Å². The van der Waals surface area contributed by atoms with Crippen molar-refractivity contribution < 1.29 is 0 Å². The van der Waals surface area contributed by atoms with Crippen LogP contribution >= 0.6 is 0 Å². The third-order valence-electron chi connectivity index (χ3n) is 4.27. The first-order valence-electron chi connectivity index (χ1n) is 7.94. The van der Waals surface area contributed by atoms with Crippen LogP contribution in [0.15, 0.2) is 0 Å². The Balaban J connectivity index is 4.64. The van der Waals surface area contributed by atoms with E-state index in [1.807, 2.05) is 0 Å². The second-order valence-electron chi connectivity index (χ2n) is 5.97. The van der Waals surface area contributed by atoms with E-state index in [9.17, 15) is 0 Å². The molecule has 0 fully saturated rings. The van der Waals surface area contributed by atoms with Gasteiger partial charge in [-0.25, -0.2) is 0 Å². The molecule has 3 unspecified atom stereocenters. The molecule has 0 aliphatic heterocycles. The fraction of sp³-hybridized carbons (Fsp3) is 1.00. The van der Waals surface area contributed by atoms with E-state index in [1.165, 1.54) is 25.7 Å².